The molecule has 0 aliphatic heterocycles. The van der Waals surface area contributed by atoms with Gasteiger partial charge in [0.15, 0.2) is 0 Å². The molecule has 98 valence electrons. The first-order valence-electron chi connectivity index (χ1n) is 7.11. The Kier molecular flexibility index (Phi) is 4.41. The lowest BCUT2D eigenvalue weighted by Crippen LogP contribution is -2.13. The van der Waals surface area contributed by atoms with E-state index < -0.39 is 0 Å². The molecule has 0 bridgehead atoms. The normalized spacial score (nSPS) is 18.1. The van der Waals surface area contributed by atoms with Crippen LogP contribution in [-0.4, -0.2) is 9.78 Å². The third-order valence-corrected chi connectivity index (χ3v) is 4.07. The van der Waals surface area contributed by atoms with Crippen molar-refractivity contribution in [3.63, 3.8) is 0 Å². The molecule has 3 heteroatoms. The van der Waals surface area contributed by atoms with Gasteiger partial charge in [-0.1, -0.05) is 39.5 Å². The summed E-state index contributed by atoms with van der Waals surface area (Å²) in [5, 5.41) is 13.5. The van der Waals surface area contributed by atoms with Crippen LogP contribution in [0.5, 0.6) is 0 Å². The number of hydrogen-bond donors (Lipinski definition) is 0. The highest BCUT2D eigenvalue weighted by molar-refractivity contribution is 5.09. The van der Waals surface area contributed by atoms with Gasteiger partial charge in [-0.3, -0.25) is 4.68 Å². The van der Waals surface area contributed by atoms with Crippen LogP contribution >= 0.6 is 0 Å². The van der Waals surface area contributed by atoms with Gasteiger partial charge >= 0.3 is 0 Å². The molecular formula is C15H23N3. The van der Waals surface area contributed by atoms with Gasteiger partial charge in [0.05, 0.1) is 24.7 Å². The van der Waals surface area contributed by atoms with Crippen LogP contribution in [0.25, 0.3) is 0 Å². The third-order valence-electron chi connectivity index (χ3n) is 4.07. The Hall–Kier alpha value is -1.30. The summed E-state index contributed by atoms with van der Waals surface area (Å²) >= 11 is 0. The van der Waals surface area contributed by atoms with E-state index in [1.54, 1.807) is 0 Å². The average Bonchev–Trinajstić information content (AvgIpc) is 2.99. The van der Waals surface area contributed by atoms with Crippen molar-refractivity contribution >= 4 is 0 Å². The molecule has 1 aromatic heterocycles. The van der Waals surface area contributed by atoms with Crippen LogP contribution in [-0.2, 0) is 0 Å². The quantitative estimate of drug-likeness (QED) is 0.785. The maximum absolute atomic E-state index is 9.00. The molecule has 0 spiro atoms. The first-order valence-corrected chi connectivity index (χ1v) is 7.11. The van der Waals surface area contributed by atoms with E-state index in [0.717, 1.165) is 12.3 Å². The molecule has 0 amide bonds. The van der Waals surface area contributed by atoms with Crippen LogP contribution in [0.4, 0.5) is 0 Å². The monoisotopic (exact) mass is 245 g/mol. The molecule has 0 unspecified atom stereocenters. The fourth-order valence-electron chi connectivity index (χ4n) is 2.87. The highest BCUT2D eigenvalue weighted by Gasteiger charge is 2.22. The molecule has 0 N–H and O–H groups in total. The van der Waals surface area contributed by atoms with E-state index >= 15 is 0 Å². The SMILES string of the molecule is CC(C)c1cnn([C@H](CC#N)CC2CCCC2)c1. The van der Waals surface area contributed by atoms with Crippen molar-refractivity contribution in [3.8, 4) is 6.07 Å². The van der Waals surface area contributed by atoms with E-state index in [9.17, 15) is 0 Å². The third kappa shape index (κ3) is 3.13. The van der Waals surface area contributed by atoms with E-state index in [2.05, 4.69) is 31.2 Å². The molecule has 1 atom stereocenters. The predicted molar refractivity (Wildman–Crippen MR) is 72.2 cm³/mol. The highest BCUT2D eigenvalue weighted by atomic mass is 15.3. The van der Waals surface area contributed by atoms with Crippen molar-refractivity contribution in [2.75, 3.05) is 0 Å². The molecular weight excluding hydrogens is 222 g/mol. The Morgan fingerprint density at radius 3 is 2.72 bits per heavy atom. The first kappa shape index (κ1) is 13.1. The molecule has 18 heavy (non-hydrogen) atoms. The molecule has 1 aliphatic carbocycles. The zero-order valence-electron chi connectivity index (χ0n) is 11.5. The Labute approximate surface area is 110 Å². The highest BCUT2D eigenvalue weighted by Crippen LogP contribution is 2.33. The zero-order valence-corrected chi connectivity index (χ0v) is 11.5. The molecule has 3 nitrogen and oxygen atoms in total. The number of nitrogens with zero attached hydrogens (tertiary/aromatic N) is 3. The van der Waals surface area contributed by atoms with Crippen molar-refractivity contribution < 1.29 is 0 Å². The molecule has 0 radical (unpaired) electrons. The molecule has 1 fully saturated rings. The maximum atomic E-state index is 9.00. The lowest BCUT2D eigenvalue weighted by Gasteiger charge is -2.18. The number of rotatable bonds is 5. The summed E-state index contributed by atoms with van der Waals surface area (Å²) in [6, 6.07) is 2.59. The minimum atomic E-state index is 0.269. The molecule has 1 saturated carbocycles. The molecule has 0 aromatic carbocycles. The number of hydrogen-bond acceptors (Lipinski definition) is 2. The number of aromatic nitrogens is 2. The summed E-state index contributed by atoms with van der Waals surface area (Å²) in [7, 11) is 0. The minimum absolute atomic E-state index is 0.269. The largest absolute Gasteiger partial charge is 0.268 e. The Morgan fingerprint density at radius 1 is 1.44 bits per heavy atom. The van der Waals surface area contributed by atoms with Gasteiger partial charge in [0.2, 0.25) is 0 Å². The van der Waals surface area contributed by atoms with Crippen molar-refractivity contribution in [2.24, 2.45) is 5.92 Å². The van der Waals surface area contributed by atoms with Gasteiger partial charge < -0.3 is 0 Å². The van der Waals surface area contributed by atoms with E-state index in [1.807, 2.05) is 10.9 Å². The van der Waals surface area contributed by atoms with Crippen LogP contribution in [0.3, 0.4) is 0 Å². The van der Waals surface area contributed by atoms with Gasteiger partial charge in [0.1, 0.15) is 0 Å². The molecule has 1 aliphatic rings. The fourth-order valence-corrected chi connectivity index (χ4v) is 2.87. The van der Waals surface area contributed by atoms with Crippen molar-refractivity contribution in [2.45, 2.75) is 64.3 Å². The van der Waals surface area contributed by atoms with Crippen LogP contribution in [0, 0.1) is 17.2 Å². The Balaban J connectivity index is 2.05. The second kappa shape index (κ2) is 6.04. The van der Waals surface area contributed by atoms with E-state index in [-0.39, 0.29) is 6.04 Å². The van der Waals surface area contributed by atoms with Gasteiger partial charge in [-0.05, 0) is 23.8 Å². The summed E-state index contributed by atoms with van der Waals surface area (Å²) in [4.78, 5) is 0. The van der Waals surface area contributed by atoms with E-state index in [1.165, 1.54) is 31.2 Å². The molecule has 1 heterocycles. The standard InChI is InChI=1S/C15H23N3/c1-12(2)14-10-17-18(11-14)15(7-8-16)9-13-5-3-4-6-13/h10-13,15H,3-7,9H2,1-2H3/t15-/m1/s1. The summed E-state index contributed by atoms with van der Waals surface area (Å²) in [6.45, 7) is 4.36. The second-order valence-corrected chi connectivity index (χ2v) is 5.81. The summed E-state index contributed by atoms with van der Waals surface area (Å²) in [5.74, 6) is 1.31. The van der Waals surface area contributed by atoms with Gasteiger partial charge in [0.25, 0.3) is 0 Å². The molecule has 2 rings (SSSR count). The first-order chi connectivity index (χ1) is 8.70. The van der Waals surface area contributed by atoms with Crippen LogP contribution < -0.4 is 0 Å². The topological polar surface area (TPSA) is 41.6 Å². The predicted octanol–water partition coefficient (Wildman–Crippen LogP) is 4.04. The van der Waals surface area contributed by atoms with E-state index in [4.69, 9.17) is 5.26 Å². The Morgan fingerprint density at radius 2 is 2.17 bits per heavy atom. The molecule has 0 saturated heterocycles. The summed E-state index contributed by atoms with van der Waals surface area (Å²) in [6.07, 6.45) is 11.2. The van der Waals surface area contributed by atoms with Crippen LogP contribution in [0.15, 0.2) is 12.4 Å². The average molecular weight is 245 g/mol. The van der Waals surface area contributed by atoms with E-state index in [0.29, 0.717) is 12.3 Å². The van der Waals surface area contributed by atoms with Gasteiger partial charge in [-0.2, -0.15) is 10.4 Å². The fraction of sp³-hybridized carbons (Fsp3) is 0.733. The molecule has 1 aromatic rings. The van der Waals surface area contributed by atoms with Crippen molar-refractivity contribution in [1.82, 2.24) is 9.78 Å². The summed E-state index contributed by atoms with van der Waals surface area (Å²) in [5.41, 5.74) is 1.27. The van der Waals surface area contributed by atoms with Gasteiger partial charge in [0, 0.05) is 6.20 Å². The lowest BCUT2D eigenvalue weighted by atomic mass is 9.97. The van der Waals surface area contributed by atoms with Crippen LogP contribution in [0.2, 0.25) is 0 Å². The second-order valence-electron chi connectivity index (χ2n) is 5.81. The van der Waals surface area contributed by atoms with Gasteiger partial charge in [-0.15, -0.1) is 0 Å². The zero-order chi connectivity index (χ0) is 13.0. The smallest absolute Gasteiger partial charge is 0.0651 e. The lowest BCUT2D eigenvalue weighted by molar-refractivity contribution is 0.350. The van der Waals surface area contributed by atoms with Crippen molar-refractivity contribution in [1.29, 1.82) is 5.26 Å². The maximum Gasteiger partial charge on any atom is 0.0651 e. The van der Waals surface area contributed by atoms with Crippen LogP contribution in [0.1, 0.15) is 69.9 Å². The van der Waals surface area contributed by atoms with Gasteiger partial charge in [-0.25, -0.2) is 0 Å². The minimum Gasteiger partial charge on any atom is -0.268 e. The number of nitriles is 1. The summed E-state index contributed by atoms with van der Waals surface area (Å²) < 4.78 is 2.02. The van der Waals surface area contributed by atoms with Crippen molar-refractivity contribution in [3.05, 3.63) is 18.0 Å². The Bertz CT molecular complexity index is 408.